The average Bonchev–Trinajstić information content (AvgIpc) is 2.39. The summed E-state index contributed by atoms with van der Waals surface area (Å²) in [6, 6.07) is 1.06. The third-order valence-corrected chi connectivity index (χ3v) is 3.92. The zero-order chi connectivity index (χ0) is 11.4. The van der Waals surface area contributed by atoms with Crippen molar-refractivity contribution in [1.82, 2.24) is 4.90 Å². The second-order valence-electron chi connectivity index (χ2n) is 4.88. The predicted molar refractivity (Wildman–Crippen MR) is 63.4 cm³/mol. The molecule has 0 saturated carbocycles. The highest BCUT2D eigenvalue weighted by molar-refractivity contribution is 4.88. The fourth-order valence-electron chi connectivity index (χ4n) is 2.94. The number of rotatable bonds is 3. The predicted octanol–water partition coefficient (Wildman–Crippen LogP) is 0.604. The van der Waals surface area contributed by atoms with Crippen molar-refractivity contribution < 1.29 is 9.47 Å². The number of nitrogens with zero attached hydrogens (tertiary/aromatic N) is 1. The van der Waals surface area contributed by atoms with Gasteiger partial charge in [0.2, 0.25) is 0 Å². The normalized spacial score (nSPS) is 37.5. The van der Waals surface area contributed by atoms with Gasteiger partial charge in [0.05, 0.1) is 12.7 Å². The van der Waals surface area contributed by atoms with Crippen LogP contribution in [0.15, 0.2) is 0 Å². The fraction of sp³-hybridized carbons (Fsp3) is 1.00. The largest absolute Gasteiger partial charge is 0.381 e. The van der Waals surface area contributed by atoms with Crippen LogP contribution in [0.1, 0.15) is 25.7 Å². The quantitative estimate of drug-likeness (QED) is 0.768. The lowest BCUT2D eigenvalue weighted by Gasteiger charge is -2.44. The van der Waals surface area contributed by atoms with Crippen molar-refractivity contribution in [1.29, 1.82) is 0 Å². The summed E-state index contributed by atoms with van der Waals surface area (Å²) < 4.78 is 11.0. The van der Waals surface area contributed by atoms with Gasteiger partial charge >= 0.3 is 0 Å². The van der Waals surface area contributed by atoms with Gasteiger partial charge in [-0.25, -0.2) is 0 Å². The summed E-state index contributed by atoms with van der Waals surface area (Å²) >= 11 is 0. The van der Waals surface area contributed by atoms with Crippen LogP contribution in [-0.2, 0) is 9.47 Å². The molecule has 16 heavy (non-hydrogen) atoms. The van der Waals surface area contributed by atoms with Crippen molar-refractivity contribution in [3.05, 3.63) is 0 Å². The highest BCUT2D eigenvalue weighted by Gasteiger charge is 2.32. The Bertz CT molecular complexity index is 207. The first-order valence-corrected chi connectivity index (χ1v) is 6.41. The molecule has 0 aromatic heterocycles. The molecule has 4 nitrogen and oxygen atoms in total. The number of methoxy groups -OCH3 is 1. The van der Waals surface area contributed by atoms with E-state index in [-0.39, 0.29) is 0 Å². The van der Waals surface area contributed by atoms with Crippen molar-refractivity contribution in [2.24, 2.45) is 5.73 Å². The Labute approximate surface area is 98.1 Å². The standard InChI is InChI=1S/C12H24N2O2/c1-15-12-4-5-14(11(7-12)8-13)10-3-2-6-16-9-10/h10-12H,2-9,13H2,1H3. The van der Waals surface area contributed by atoms with Gasteiger partial charge in [0, 0.05) is 38.9 Å². The summed E-state index contributed by atoms with van der Waals surface area (Å²) in [6.07, 6.45) is 5.04. The molecule has 0 aliphatic carbocycles. The highest BCUT2D eigenvalue weighted by atomic mass is 16.5. The summed E-state index contributed by atoms with van der Waals surface area (Å²) in [7, 11) is 1.80. The summed E-state index contributed by atoms with van der Waals surface area (Å²) in [4.78, 5) is 2.55. The van der Waals surface area contributed by atoms with Crippen molar-refractivity contribution in [3.63, 3.8) is 0 Å². The van der Waals surface area contributed by atoms with Crippen LogP contribution in [0.25, 0.3) is 0 Å². The number of ether oxygens (including phenoxy) is 2. The lowest BCUT2D eigenvalue weighted by Crippen LogP contribution is -2.54. The molecule has 0 aromatic carbocycles. The molecular weight excluding hydrogens is 204 g/mol. The maximum absolute atomic E-state index is 5.88. The van der Waals surface area contributed by atoms with Crippen LogP contribution in [0.5, 0.6) is 0 Å². The molecule has 2 aliphatic heterocycles. The first-order chi connectivity index (χ1) is 7.85. The van der Waals surface area contributed by atoms with E-state index in [2.05, 4.69) is 4.90 Å². The molecule has 94 valence electrons. The van der Waals surface area contributed by atoms with Crippen LogP contribution in [0.2, 0.25) is 0 Å². The SMILES string of the molecule is COC1CCN(C2CCCOC2)C(CN)C1. The number of hydrogen-bond donors (Lipinski definition) is 1. The van der Waals surface area contributed by atoms with Crippen molar-refractivity contribution in [2.45, 2.75) is 43.9 Å². The second kappa shape index (κ2) is 5.96. The molecule has 3 unspecified atom stereocenters. The van der Waals surface area contributed by atoms with Crippen LogP contribution in [0.3, 0.4) is 0 Å². The van der Waals surface area contributed by atoms with Gasteiger partial charge in [-0.1, -0.05) is 0 Å². The molecular formula is C12H24N2O2. The van der Waals surface area contributed by atoms with Gasteiger partial charge in [-0.2, -0.15) is 0 Å². The third-order valence-electron chi connectivity index (χ3n) is 3.92. The molecule has 2 N–H and O–H groups in total. The molecule has 0 radical (unpaired) electrons. The van der Waals surface area contributed by atoms with E-state index < -0.39 is 0 Å². The summed E-state index contributed by atoms with van der Waals surface area (Å²) in [5, 5.41) is 0. The Morgan fingerprint density at radius 3 is 2.94 bits per heavy atom. The Morgan fingerprint density at radius 2 is 2.31 bits per heavy atom. The van der Waals surface area contributed by atoms with Gasteiger partial charge in [-0.3, -0.25) is 4.90 Å². The first-order valence-electron chi connectivity index (χ1n) is 6.41. The summed E-state index contributed by atoms with van der Waals surface area (Å²) in [6.45, 7) is 3.65. The highest BCUT2D eigenvalue weighted by Crippen LogP contribution is 2.24. The number of piperidine rings is 1. The zero-order valence-corrected chi connectivity index (χ0v) is 10.2. The summed E-state index contributed by atoms with van der Waals surface area (Å²) in [5.74, 6) is 0. The summed E-state index contributed by atoms with van der Waals surface area (Å²) in [5.41, 5.74) is 5.88. The molecule has 2 aliphatic rings. The Kier molecular flexibility index (Phi) is 4.58. The van der Waals surface area contributed by atoms with Gasteiger partial charge < -0.3 is 15.2 Å². The number of nitrogens with two attached hydrogens (primary N) is 1. The van der Waals surface area contributed by atoms with E-state index in [0.29, 0.717) is 18.2 Å². The first kappa shape index (κ1) is 12.3. The van der Waals surface area contributed by atoms with E-state index in [1.54, 1.807) is 7.11 Å². The monoisotopic (exact) mass is 228 g/mol. The topological polar surface area (TPSA) is 47.7 Å². The number of likely N-dealkylation sites (tertiary alicyclic amines) is 1. The Hall–Kier alpha value is -0.160. The van der Waals surface area contributed by atoms with Gasteiger partial charge in [0.25, 0.3) is 0 Å². The lowest BCUT2D eigenvalue weighted by atomic mass is 9.95. The van der Waals surface area contributed by atoms with E-state index in [1.807, 2.05) is 0 Å². The van der Waals surface area contributed by atoms with E-state index in [9.17, 15) is 0 Å². The van der Waals surface area contributed by atoms with Gasteiger partial charge in [-0.15, -0.1) is 0 Å². The minimum atomic E-state index is 0.398. The Morgan fingerprint density at radius 1 is 1.44 bits per heavy atom. The van der Waals surface area contributed by atoms with Gasteiger partial charge in [-0.05, 0) is 25.7 Å². The fourth-order valence-corrected chi connectivity index (χ4v) is 2.94. The van der Waals surface area contributed by atoms with Crippen molar-refractivity contribution in [2.75, 3.05) is 33.4 Å². The van der Waals surface area contributed by atoms with Crippen LogP contribution in [-0.4, -0.2) is 56.5 Å². The smallest absolute Gasteiger partial charge is 0.0621 e. The lowest BCUT2D eigenvalue weighted by molar-refractivity contribution is -0.0438. The van der Waals surface area contributed by atoms with Crippen LogP contribution in [0, 0.1) is 0 Å². The molecule has 2 heterocycles. The Balaban J connectivity index is 1.92. The van der Waals surface area contributed by atoms with Crippen LogP contribution in [0.4, 0.5) is 0 Å². The zero-order valence-electron chi connectivity index (χ0n) is 10.2. The van der Waals surface area contributed by atoms with Crippen molar-refractivity contribution in [3.8, 4) is 0 Å². The van der Waals surface area contributed by atoms with E-state index in [1.165, 1.54) is 12.8 Å². The second-order valence-corrected chi connectivity index (χ2v) is 4.88. The van der Waals surface area contributed by atoms with Gasteiger partial charge in [0.1, 0.15) is 0 Å². The third kappa shape index (κ3) is 2.74. The maximum Gasteiger partial charge on any atom is 0.0621 e. The van der Waals surface area contributed by atoms with E-state index in [0.717, 1.165) is 39.1 Å². The molecule has 0 spiro atoms. The average molecular weight is 228 g/mol. The minimum Gasteiger partial charge on any atom is -0.381 e. The molecule has 0 bridgehead atoms. The van der Waals surface area contributed by atoms with E-state index in [4.69, 9.17) is 15.2 Å². The molecule has 2 rings (SSSR count). The van der Waals surface area contributed by atoms with E-state index >= 15 is 0 Å². The molecule has 4 heteroatoms. The molecule has 2 saturated heterocycles. The number of hydrogen-bond acceptors (Lipinski definition) is 4. The van der Waals surface area contributed by atoms with Crippen molar-refractivity contribution >= 4 is 0 Å². The minimum absolute atomic E-state index is 0.398. The molecule has 3 atom stereocenters. The van der Waals surface area contributed by atoms with Crippen LogP contribution < -0.4 is 5.73 Å². The molecule has 2 fully saturated rings. The molecule has 0 aromatic rings. The molecule has 0 amide bonds. The van der Waals surface area contributed by atoms with Crippen LogP contribution >= 0.6 is 0 Å². The maximum atomic E-state index is 5.88. The van der Waals surface area contributed by atoms with Gasteiger partial charge in [0.15, 0.2) is 0 Å².